The highest BCUT2D eigenvalue weighted by Gasteiger charge is 2.08. The summed E-state index contributed by atoms with van der Waals surface area (Å²) < 4.78 is 1.56. The number of nitrogens with one attached hydrogen (secondary N) is 1. The third-order valence-corrected chi connectivity index (χ3v) is 4.23. The van der Waals surface area contributed by atoms with Gasteiger partial charge in [-0.3, -0.25) is 4.79 Å². The number of para-hydroxylation sites is 1. The molecule has 0 aliphatic rings. The van der Waals surface area contributed by atoms with Crippen LogP contribution in [0.25, 0.3) is 21.8 Å². The summed E-state index contributed by atoms with van der Waals surface area (Å²) in [4.78, 5) is 12.2. The van der Waals surface area contributed by atoms with Gasteiger partial charge in [0.25, 0.3) is 5.91 Å². The molecular weight excluding hydrogens is 326 g/mol. The Balaban J connectivity index is 1.48. The van der Waals surface area contributed by atoms with E-state index in [1.807, 2.05) is 55.5 Å². The second-order valence-corrected chi connectivity index (χ2v) is 6.03. The Morgan fingerprint density at radius 1 is 1.04 bits per heavy atom. The van der Waals surface area contributed by atoms with Crippen LogP contribution in [0.5, 0.6) is 0 Å². The van der Waals surface area contributed by atoms with E-state index < -0.39 is 0 Å². The number of hydrogen-bond donors (Lipinski definition) is 1. The van der Waals surface area contributed by atoms with Crippen LogP contribution in [0, 0.1) is 0 Å². The number of carbonyl (C=O) groups excluding carboxylic acids is 1. The molecule has 128 valence electrons. The first-order valence-electron chi connectivity index (χ1n) is 8.31. The molecule has 0 saturated heterocycles. The molecule has 26 heavy (non-hydrogen) atoms. The fraction of sp³-hybridized carbons (Fsp3) is 0.100. The van der Waals surface area contributed by atoms with Crippen LogP contribution in [0.3, 0.4) is 0 Å². The number of hydrazone groups is 1. The third-order valence-electron chi connectivity index (χ3n) is 4.23. The number of nitrogens with zero attached hydrogens (tertiary/aromatic N) is 4. The molecule has 3 aromatic carbocycles. The first-order valence-corrected chi connectivity index (χ1v) is 8.31. The molecule has 4 aromatic rings. The van der Waals surface area contributed by atoms with Gasteiger partial charge in [-0.1, -0.05) is 53.7 Å². The Morgan fingerprint density at radius 3 is 2.69 bits per heavy atom. The summed E-state index contributed by atoms with van der Waals surface area (Å²) in [5.41, 5.74) is 5.88. The molecule has 1 aromatic heterocycles. The number of aromatic nitrogens is 3. The summed E-state index contributed by atoms with van der Waals surface area (Å²) in [7, 11) is 0. The Bertz CT molecular complexity index is 1130. The number of benzene rings is 3. The highest BCUT2D eigenvalue weighted by atomic mass is 16.2. The monoisotopic (exact) mass is 343 g/mol. The second-order valence-electron chi connectivity index (χ2n) is 6.03. The van der Waals surface area contributed by atoms with Crippen LogP contribution in [0.1, 0.15) is 12.5 Å². The van der Waals surface area contributed by atoms with Crippen molar-refractivity contribution in [2.24, 2.45) is 5.10 Å². The van der Waals surface area contributed by atoms with Crippen molar-refractivity contribution in [1.29, 1.82) is 0 Å². The standard InChI is InChI=1S/C20H17N5O/c1-14(16-11-10-15-6-2-3-7-17(15)12-16)21-23-20(26)13-25-19-9-5-4-8-18(19)22-24-25/h2-12H,13H2,1H3,(H,23,26). The van der Waals surface area contributed by atoms with E-state index in [4.69, 9.17) is 0 Å². The number of fused-ring (bicyclic) bond motifs is 2. The lowest BCUT2D eigenvalue weighted by Gasteiger charge is -2.05. The molecule has 0 fully saturated rings. The maximum Gasteiger partial charge on any atom is 0.261 e. The Morgan fingerprint density at radius 2 is 1.81 bits per heavy atom. The van der Waals surface area contributed by atoms with E-state index in [9.17, 15) is 4.79 Å². The van der Waals surface area contributed by atoms with Crippen LogP contribution < -0.4 is 5.43 Å². The third kappa shape index (κ3) is 3.17. The van der Waals surface area contributed by atoms with Crippen LogP contribution in [0.2, 0.25) is 0 Å². The Kier molecular flexibility index (Phi) is 4.15. The highest BCUT2D eigenvalue weighted by molar-refractivity contribution is 6.02. The highest BCUT2D eigenvalue weighted by Crippen LogP contribution is 2.16. The molecular formula is C20H17N5O. The van der Waals surface area contributed by atoms with Gasteiger partial charge in [0.05, 0.1) is 11.2 Å². The fourth-order valence-electron chi connectivity index (χ4n) is 2.83. The van der Waals surface area contributed by atoms with Crippen LogP contribution >= 0.6 is 0 Å². The minimum Gasteiger partial charge on any atom is -0.271 e. The van der Waals surface area contributed by atoms with Crippen molar-refractivity contribution in [3.8, 4) is 0 Å². The van der Waals surface area contributed by atoms with E-state index in [0.717, 1.165) is 27.7 Å². The first-order chi connectivity index (χ1) is 12.7. The van der Waals surface area contributed by atoms with E-state index in [2.05, 4.69) is 39.0 Å². The van der Waals surface area contributed by atoms with Crippen LogP contribution in [-0.2, 0) is 11.3 Å². The lowest BCUT2D eigenvalue weighted by molar-refractivity contribution is -0.121. The summed E-state index contributed by atoms with van der Waals surface area (Å²) in [6, 6.07) is 21.8. The molecule has 0 spiro atoms. The predicted molar refractivity (Wildman–Crippen MR) is 102 cm³/mol. The zero-order valence-corrected chi connectivity index (χ0v) is 14.3. The number of carbonyl (C=O) groups is 1. The van der Waals surface area contributed by atoms with E-state index in [1.54, 1.807) is 4.68 Å². The molecule has 4 rings (SSSR count). The normalized spacial score (nSPS) is 11.8. The fourth-order valence-corrected chi connectivity index (χ4v) is 2.83. The van der Waals surface area contributed by atoms with Crippen molar-refractivity contribution in [1.82, 2.24) is 20.4 Å². The summed E-state index contributed by atoms with van der Waals surface area (Å²) in [6.07, 6.45) is 0. The van der Waals surface area contributed by atoms with Crippen molar-refractivity contribution in [3.63, 3.8) is 0 Å². The maximum atomic E-state index is 12.2. The lowest BCUT2D eigenvalue weighted by atomic mass is 10.0. The van der Waals surface area contributed by atoms with Crippen LogP contribution in [0.4, 0.5) is 0 Å². The second kappa shape index (κ2) is 6.76. The molecule has 0 bridgehead atoms. The van der Waals surface area contributed by atoms with Crippen molar-refractivity contribution in [3.05, 3.63) is 72.3 Å². The van der Waals surface area contributed by atoms with Gasteiger partial charge in [0.2, 0.25) is 0 Å². The summed E-state index contributed by atoms with van der Waals surface area (Å²) >= 11 is 0. The molecule has 0 aliphatic heterocycles. The van der Waals surface area contributed by atoms with Gasteiger partial charge in [0, 0.05) is 0 Å². The molecule has 1 amide bonds. The summed E-state index contributed by atoms with van der Waals surface area (Å²) in [5.74, 6) is -0.249. The van der Waals surface area contributed by atoms with Crippen molar-refractivity contribution < 1.29 is 4.79 Å². The van der Waals surface area contributed by atoms with Gasteiger partial charge in [0.1, 0.15) is 12.1 Å². The Hall–Kier alpha value is -3.54. The molecule has 0 saturated carbocycles. The number of rotatable bonds is 4. The number of amides is 1. The van der Waals surface area contributed by atoms with E-state index in [1.165, 1.54) is 5.39 Å². The zero-order chi connectivity index (χ0) is 17.9. The maximum absolute atomic E-state index is 12.2. The summed E-state index contributed by atoms with van der Waals surface area (Å²) in [5, 5.41) is 14.6. The average molecular weight is 343 g/mol. The minimum atomic E-state index is -0.249. The van der Waals surface area contributed by atoms with Crippen molar-refractivity contribution >= 4 is 33.4 Å². The van der Waals surface area contributed by atoms with Crippen molar-refractivity contribution in [2.45, 2.75) is 13.5 Å². The Labute approximate surface area is 150 Å². The van der Waals surface area contributed by atoms with Gasteiger partial charge in [-0.25, -0.2) is 10.1 Å². The van der Waals surface area contributed by atoms with Gasteiger partial charge in [-0.05, 0) is 41.5 Å². The summed E-state index contributed by atoms with van der Waals surface area (Å²) in [6.45, 7) is 1.93. The molecule has 0 atom stereocenters. The quantitative estimate of drug-likeness (QED) is 0.457. The zero-order valence-electron chi connectivity index (χ0n) is 14.3. The van der Waals surface area contributed by atoms with Crippen LogP contribution in [-0.4, -0.2) is 26.6 Å². The smallest absolute Gasteiger partial charge is 0.261 e. The lowest BCUT2D eigenvalue weighted by Crippen LogP contribution is -2.24. The van der Waals surface area contributed by atoms with Gasteiger partial charge in [-0.2, -0.15) is 5.10 Å². The molecule has 1 N–H and O–H groups in total. The van der Waals surface area contributed by atoms with Gasteiger partial charge >= 0.3 is 0 Å². The van der Waals surface area contributed by atoms with Gasteiger partial charge < -0.3 is 0 Å². The molecule has 6 heteroatoms. The van der Waals surface area contributed by atoms with Gasteiger partial charge in [-0.15, -0.1) is 5.10 Å². The molecule has 0 aliphatic carbocycles. The molecule has 0 radical (unpaired) electrons. The minimum absolute atomic E-state index is 0.0645. The van der Waals surface area contributed by atoms with E-state index in [-0.39, 0.29) is 12.5 Å². The van der Waals surface area contributed by atoms with Crippen molar-refractivity contribution in [2.75, 3.05) is 0 Å². The van der Waals surface area contributed by atoms with E-state index in [0.29, 0.717) is 0 Å². The number of hydrogen-bond acceptors (Lipinski definition) is 4. The van der Waals surface area contributed by atoms with Crippen LogP contribution in [0.15, 0.2) is 71.8 Å². The molecule has 1 heterocycles. The van der Waals surface area contributed by atoms with E-state index >= 15 is 0 Å². The first kappa shape index (κ1) is 16.0. The largest absolute Gasteiger partial charge is 0.271 e. The molecule has 6 nitrogen and oxygen atoms in total. The average Bonchev–Trinajstić information content (AvgIpc) is 3.08. The molecule has 0 unspecified atom stereocenters. The SMILES string of the molecule is CC(=NNC(=O)Cn1nnc2ccccc21)c1ccc2ccccc2c1. The van der Waals surface area contributed by atoms with Gasteiger partial charge in [0.15, 0.2) is 0 Å². The predicted octanol–water partition coefficient (Wildman–Crippen LogP) is 3.12. The topological polar surface area (TPSA) is 72.2 Å².